The highest BCUT2D eigenvalue weighted by atomic mass is 16.2. The summed E-state index contributed by atoms with van der Waals surface area (Å²) in [5.41, 5.74) is 3.68. The lowest BCUT2D eigenvalue weighted by atomic mass is 9.80. The number of amides is 2. The van der Waals surface area contributed by atoms with Gasteiger partial charge in [0.1, 0.15) is 6.04 Å². The minimum atomic E-state index is -0.554. The largest absolute Gasteiger partial charge is 0.348 e. The number of H-pyrrole nitrogens is 1. The summed E-state index contributed by atoms with van der Waals surface area (Å²) in [5.74, 6) is -0.239. The van der Waals surface area contributed by atoms with E-state index in [1.165, 1.54) is 5.69 Å². The number of hydrogen-bond acceptors (Lipinski definition) is 4. The molecule has 0 saturated carbocycles. The average molecular weight is 381 g/mol. The number of fused-ring (bicyclic) bond motifs is 2. The number of benzene rings is 1. The molecule has 0 aliphatic carbocycles. The van der Waals surface area contributed by atoms with Crippen LogP contribution >= 0.6 is 0 Å². The smallest absolute Gasteiger partial charge is 0.252 e. The normalized spacial score (nSPS) is 19.1. The highest BCUT2D eigenvalue weighted by molar-refractivity contribution is 5.98. The first kappa shape index (κ1) is 18.7. The van der Waals surface area contributed by atoms with Crippen LogP contribution in [0.2, 0.25) is 0 Å². The Hall–Kier alpha value is -2.67. The molecule has 1 atom stereocenters. The van der Waals surface area contributed by atoms with Crippen LogP contribution in [0.15, 0.2) is 30.6 Å². The fraction of sp³-hybridized carbons (Fsp3) is 0.476. The van der Waals surface area contributed by atoms with Crippen molar-refractivity contribution in [1.82, 2.24) is 25.5 Å². The summed E-state index contributed by atoms with van der Waals surface area (Å²) in [5, 5.41) is 6.49. The Morgan fingerprint density at radius 2 is 2.00 bits per heavy atom. The molecule has 1 aromatic heterocycles. The molecule has 7 nitrogen and oxygen atoms in total. The monoisotopic (exact) mass is 381 g/mol. The van der Waals surface area contributed by atoms with E-state index in [-0.39, 0.29) is 17.4 Å². The summed E-state index contributed by atoms with van der Waals surface area (Å²) in [6.07, 6.45) is 4.38. The standard InChI is InChI=1S/C21H27N5O2/c1-14-5-3-4-6-16(14)19(27)25-15(2)20(28)26-11-8-21(9-12-26)18-17(7-10-24-21)22-13-23-18/h3-6,13,15,24H,7-12H2,1-2H3,(H,22,23)(H,25,27)/t15-/m0/s1. The number of imidazole rings is 1. The molecule has 3 N–H and O–H groups in total. The lowest BCUT2D eigenvalue weighted by Gasteiger charge is -2.44. The molecule has 0 radical (unpaired) electrons. The van der Waals surface area contributed by atoms with Gasteiger partial charge in [-0.05, 0) is 38.3 Å². The number of piperidine rings is 1. The quantitative estimate of drug-likeness (QED) is 0.752. The molecular weight excluding hydrogens is 354 g/mol. The molecule has 1 spiro atoms. The maximum atomic E-state index is 12.9. The average Bonchev–Trinajstić information content (AvgIpc) is 3.19. The molecule has 4 rings (SSSR count). The van der Waals surface area contributed by atoms with Crippen LogP contribution in [0.4, 0.5) is 0 Å². The number of nitrogens with one attached hydrogen (secondary N) is 3. The van der Waals surface area contributed by atoms with E-state index in [1.807, 2.05) is 30.0 Å². The van der Waals surface area contributed by atoms with Crippen molar-refractivity contribution >= 4 is 11.8 Å². The Balaban J connectivity index is 1.38. The number of carbonyl (C=O) groups excluding carboxylic acids is 2. The SMILES string of the molecule is Cc1ccccc1C(=O)N[C@@H](C)C(=O)N1CCC2(CC1)NCCc1[nH]cnc12. The molecule has 0 unspecified atom stereocenters. The van der Waals surface area contributed by atoms with Crippen LogP contribution in [0.3, 0.4) is 0 Å². The lowest BCUT2D eigenvalue weighted by molar-refractivity contribution is -0.134. The van der Waals surface area contributed by atoms with E-state index in [0.29, 0.717) is 18.7 Å². The molecule has 0 bridgehead atoms. The second-order valence-corrected chi connectivity index (χ2v) is 7.82. The Labute approximate surface area is 164 Å². The summed E-state index contributed by atoms with van der Waals surface area (Å²) >= 11 is 0. The van der Waals surface area contributed by atoms with Crippen LogP contribution < -0.4 is 10.6 Å². The first-order valence-corrected chi connectivity index (χ1v) is 9.93. The van der Waals surface area contributed by atoms with Gasteiger partial charge in [0, 0.05) is 37.3 Å². The van der Waals surface area contributed by atoms with Crippen molar-refractivity contribution in [1.29, 1.82) is 0 Å². The van der Waals surface area contributed by atoms with E-state index in [0.717, 1.165) is 37.1 Å². The number of likely N-dealkylation sites (tertiary alicyclic amines) is 1. The fourth-order valence-electron chi connectivity index (χ4n) is 4.39. The highest BCUT2D eigenvalue weighted by Crippen LogP contribution is 2.35. The number of nitrogens with zero attached hydrogens (tertiary/aromatic N) is 2. The maximum Gasteiger partial charge on any atom is 0.252 e. The third-order valence-electron chi connectivity index (χ3n) is 6.05. The van der Waals surface area contributed by atoms with Gasteiger partial charge in [-0.25, -0.2) is 4.98 Å². The van der Waals surface area contributed by atoms with Gasteiger partial charge in [-0.15, -0.1) is 0 Å². The van der Waals surface area contributed by atoms with Crippen LogP contribution in [-0.2, 0) is 16.8 Å². The molecule has 3 heterocycles. The van der Waals surface area contributed by atoms with Crippen molar-refractivity contribution in [3.63, 3.8) is 0 Å². The van der Waals surface area contributed by atoms with Crippen LogP contribution in [0.1, 0.15) is 47.1 Å². The van der Waals surface area contributed by atoms with E-state index >= 15 is 0 Å². The van der Waals surface area contributed by atoms with Crippen molar-refractivity contribution < 1.29 is 9.59 Å². The van der Waals surface area contributed by atoms with Crippen molar-refractivity contribution in [2.75, 3.05) is 19.6 Å². The fourth-order valence-corrected chi connectivity index (χ4v) is 4.39. The second kappa shape index (κ2) is 7.39. The van der Waals surface area contributed by atoms with Gasteiger partial charge in [0.05, 0.1) is 17.6 Å². The van der Waals surface area contributed by atoms with Crippen LogP contribution in [0.25, 0.3) is 0 Å². The first-order chi connectivity index (χ1) is 13.5. The summed E-state index contributed by atoms with van der Waals surface area (Å²) in [7, 11) is 0. The third kappa shape index (κ3) is 3.30. The topological polar surface area (TPSA) is 90.1 Å². The van der Waals surface area contributed by atoms with Crippen molar-refractivity contribution in [3.8, 4) is 0 Å². The van der Waals surface area contributed by atoms with Gasteiger partial charge in [-0.1, -0.05) is 18.2 Å². The first-order valence-electron chi connectivity index (χ1n) is 9.93. The van der Waals surface area contributed by atoms with Crippen molar-refractivity contribution in [3.05, 3.63) is 53.1 Å². The molecule has 1 saturated heterocycles. The van der Waals surface area contributed by atoms with Gasteiger partial charge in [-0.2, -0.15) is 0 Å². The van der Waals surface area contributed by atoms with Crippen molar-refractivity contribution in [2.24, 2.45) is 0 Å². The summed E-state index contributed by atoms with van der Waals surface area (Å²) in [6.45, 7) is 5.89. The summed E-state index contributed by atoms with van der Waals surface area (Å²) < 4.78 is 0. The predicted octanol–water partition coefficient (Wildman–Crippen LogP) is 1.50. The summed E-state index contributed by atoms with van der Waals surface area (Å²) in [4.78, 5) is 35.0. The third-order valence-corrected chi connectivity index (χ3v) is 6.05. The number of aryl methyl sites for hydroxylation is 1. The number of aromatic amines is 1. The van der Waals surface area contributed by atoms with E-state index in [2.05, 4.69) is 20.6 Å². The molecule has 1 fully saturated rings. The van der Waals surface area contributed by atoms with E-state index in [9.17, 15) is 9.59 Å². The molecule has 2 aliphatic heterocycles. The summed E-state index contributed by atoms with van der Waals surface area (Å²) in [6, 6.07) is 6.85. The Morgan fingerprint density at radius 3 is 2.75 bits per heavy atom. The van der Waals surface area contributed by atoms with Crippen molar-refractivity contribution in [2.45, 2.75) is 44.7 Å². The molecule has 2 aliphatic rings. The van der Waals surface area contributed by atoms with Gasteiger partial charge < -0.3 is 20.5 Å². The molecule has 28 heavy (non-hydrogen) atoms. The molecule has 7 heteroatoms. The second-order valence-electron chi connectivity index (χ2n) is 7.82. The zero-order valence-corrected chi connectivity index (χ0v) is 16.4. The number of rotatable bonds is 3. The van der Waals surface area contributed by atoms with Crippen LogP contribution in [0.5, 0.6) is 0 Å². The van der Waals surface area contributed by atoms with Gasteiger partial charge in [0.15, 0.2) is 0 Å². The minimum Gasteiger partial charge on any atom is -0.348 e. The zero-order valence-electron chi connectivity index (χ0n) is 16.4. The maximum absolute atomic E-state index is 12.9. The number of carbonyl (C=O) groups is 2. The van der Waals surface area contributed by atoms with Gasteiger partial charge in [0.25, 0.3) is 5.91 Å². The molecule has 2 aromatic rings. The highest BCUT2D eigenvalue weighted by Gasteiger charge is 2.42. The predicted molar refractivity (Wildman–Crippen MR) is 106 cm³/mol. The number of aromatic nitrogens is 2. The van der Waals surface area contributed by atoms with E-state index in [4.69, 9.17) is 0 Å². The van der Waals surface area contributed by atoms with Gasteiger partial charge in [-0.3, -0.25) is 9.59 Å². The molecule has 1 aromatic carbocycles. The Bertz CT molecular complexity index is 882. The van der Waals surface area contributed by atoms with E-state index in [1.54, 1.807) is 19.3 Å². The minimum absolute atomic E-state index is 0.0326. The lowest BCUT2D eigenvalue weighted by Crippen LogP contribution is -2.57. The molecule has 148 valence electrons. The number of hydrogen-bond donors (Lipinski definition) is 3. The van der Waals surface area contributed by atoms with Crippen LogP contribution in [-0.4, -0.2) is 52.4 Å². The Morgan fingerprint density at radius 1 is 1.25 bits per heavy atom. The Kier molecular flexibility index (Phi) is 4.93. The van der Waals surface area contributed by atoms with Gasteiger partial charge >= 0.3 is 0 Å². The van der Waals surface area contributed by atoms with Gasteiger partial charge in [0.2, 0.25) is 5.91 Å². The molecule has 2 amide bonds. The van der Waals surface area contributed by atoms with Crippen LogP contribution in [0, 0.1) is 6.92 Å². The van der Waals surface area contributed by atoms with E-state index < -0.39 is 6.04 Å². The zero-order chi connectivity index (χ0) is 19.7. The molecular formula is C21H27N5O2.